The quantitative estimate of drug-likeness (QED) is 0.443. The van der Waals surface area contributed by atoms with Crippen molar-refractivity contribution in [2.45, 2.75) is 25.4 Å². The van der Waals surface area contributed by atoms with Crippen LogP contribution in [0.4, 0.5) is 0 Å². The smallest absolute Gasteiger partial charge is 1.00 e. The van der Waals surface area contributed by atoms with Crippen LogP contribution in [0.5, 0.6) is 0 Å². The summed E-state index contributed by atoms with van der Waals surface area (Å²) >= 11 is 0. The Balaban J connectivity index is 0. The van der Waals surface area contributed by atoms with Crippen LogP contribution in [0.1, 0.15) is 25.3 Å². The molecule has 0 bridgehead atoms. The molecule has 0 aliphatic heterocycles. The summed E-state index contributed by atoms with van der Waals surface area (Å²) in [6, 6.07) is 10.4. The van der Waals surface area contributed by atoms with Gasteiger partial charge in [0.15, 0.2) is 0 Å². The average Bonchev–Trinajstić information content (AvgIpc) is 2.87. The molecule has 1 aromatic carbocycles. The fraction of sp³-hybridized carbons (Fsp3) is 0.333. The molecular weight excluding hydrogens is 315 g/mol. The van der Waals surface area contributed by atoms with Crippen LogP contribution >= 0.6 is 0 Å². The van der Waals surface area contributed by atoms with Crippen molar-refractivity contribution in [2.75, 3.05) is 7.11 Å². The van der Waals surface area contributed by atoms with Crippen LogP contribution in [0.3, 0.4) is 0 Å². The topological polar surface area (TPSA) is 9.23 Å². The average molecular weight is 332 g/mol. The van der Waals surface area contributed by atoms with E-state index in [0.717, 1.165) is 18.4 Å². The maximum Gasteiger partial charge on any atom is 3.00 e. The van der Waals surface area contributed by atoms with E-state index in [-0.39, 0.29) is 52.1 Å². The molecule has 1 aliphatic carbocycles. The normalized spacial score (nSPS) is 15.4. The van der Waals surface area contributed by atoms with Gasteiger partial charge in [-0.25, -0.2) is 6.08 Å². The number of methoxy groups -OCH3 is 1. The third-order valence-corrected chi connectivity index (χ3v) is 3.22. The molecule has 1 atom stereocenters. The summed E-state index contributed by atoms with van der Waals surface area (Å²) in [6.07, 6.45) is 9.44. The van der Waals surface area contributed by atoms with Crippen LogP contribution in [-0.2, 0) is 32.1 Å². The molecule has 1 unspecified atom stereocenters. The molecule has 0 spiro atoms. The Morgan fingerprint density at radius 2 is 1.84 bits per heavy atom. The van der Waals surface area contributed by atoms with Crippen molar-refractivity contribution in [2.24, 2.45) is 0 Å². The standard InChI is InChI=1S/C15H17O.2ClH.Ti/c1-3-15(16-2,14-11-7-8-12-14)13-9-5-4-6-10-13;;;/h4-7,9-11H,3,8H2,1-2H3;2*1H;/q-1;;;+3/p-2. The summed E-state index contributed by atoms with van der Waals surface area (Å²) in [5.41, 5.74) is 2.03. The number of hydrogen-bond acceptors (Lipinski definition) is 1. The molecule has 0 amide bonds. The van der Waals surface area contributed by atoms with Gasteiger partial charge in [0.25, 0.3) is 0 Å². The molecule has 0 saturated carbocycles. The Kier molecular flexibility index (Phi) is 11.0. The van der Waals surface area contributed by atoms with Crippen LogP contribution in [0.25, 0.3) is 0 Å². The predicted molar refractivity (Wildman–Crippen MR) is 65.9 cm³/mol. The van der Waals surface area contributed by atoms with Gasteiger partial charge in [0.2, 0.25) is 0 Å². The van der Waals surface area contributed by atoms with Crippen molar-refractivity contribution >= 4 is 0 Å². The zero-order valence-electron chi connectivity index (χ0n) is 11.1. The Hall–Kier alpha value is -0.0457. The second kappa shape index (κ2) is 9.79. The van der Waals surface area contributed by atoms with Gasteiger partial charge in [-0.2, -0.15) is 11.6 Å². The number of halogens is 2. The van der Waals surface area contributed by atoms with E-state index >= 15 is 0 Å². The van der Waals surface area contributed by atoms with Gasteiger partial charge in [-0.15, -0.1) is 6.42 Å². The van der Waals surface area contributed by atoms with E-state index in [1.807, 2.05) is 6.07 Å². The van der Waals surface area contributed by atoms with Crippen molar-refractivity contribution < 1.29 is 51.3 Å². The van der Waals surface area contributed by atoms with Crippen molar-refractivity contribution in [3.05, 3.63) is 59.7 Å². The van der Waals surface area contributed by atoms with E-state index in [9.17, 15) is 0 Å². The van der Waals surface area contributed by atoms with Crippen LogP contribution in [0.2, 0.25) is 0 Å². The van der Waals surface area contributed by atoms with E-state index in [1.165, 1.54) is 5.56 Å². The number of benzene rings is 1. The molecule has 19 heavy (non-hydrogen) atoms. The van der Waals surface area contributed by atoms with Crippen molar-refractivity contribution in [1.82, 2.24) is 0 Å². The molecule has 1 aliphatic rings. The van der Waals surface area contributed by atoms with Gasteiger partial charge in [0, 0.05) is 7.11 Å². The van der Waals surface area contributed by atoms with Crippen LogP contribution in [-0.4, -0.2) is 7.11 Å². The molecule has 4 heteroatoms. The second-order valence-electron chi connectivity index (χ2n) is 3.95. The fourth-order valence-corrected chi connectivity index (χ4v) is 2.31. The molecule has 1 nitrogen and oxygen atoms in total. The van der Waals surface area contributed by atoms with Crippen LogP contribution in [0, 0.1) is 6.08 Å². The summed E-state index contributed by atoms with van der Waals surface area (Å²) in [5, 5.41) is 0. The summed E-state index contributed by atoms with van der Waals surface area (Å²) in [5.74, 6) is 0. The number of allylic oxidation sites excluding steroid dienone is 2. The first-order chi connectivity index (χ1) is 7.83. The minimum Gasteiger partial charge on any atom is -1.00 e. The predicted octanol–water partition coefficient (Wildman–Crippen LogP) is -2.37. The van der Waals surface area contributed by atoms with Gasteiger partial charge in [-0.3, -0.25) is 6.08 Å². The van der Waals surface area contributed by atoms with E-state index < -0.39 is 0 Å². The SMILES string of the molecule is CCC(OC)(C1=[C-]CC=C1)c1ccccc1.[Cl-].[Cl-].[Ti+3]. The zero-order valence-corrected chi connectivity index (χ0v) is 14.2. The number of ether oxygens (including phenoxy) is 1. The number of rotatable bonds is 4. The van der Waals surface area contributed by atoms with Crippen LogP contribution < -0.4 is 24.8 Å². The minimum atomic E-state index is -0.325. The Morgan fingerprint density at radius 1 is 1.21 bits per heavy atom. The second-order valence-corrected chi connectivity index (χ2v) is 3.95. The minimum absolute atomic E-state index is 0. The molecule has 1 aromatic rings. The Labute approximate surface area is 143 Å². The first-order valence-corrected chi connectivity index (χ1v) is 5.72. The summed E-state index contributed by atoms with van der Waals surface area (Å²) in [6.45, 7) is 2.15. The molecule has 0 aromatic heterocycles. The third kappa shape index (κ3) is 4.21. The van der Waals surface area contributed by atoms with Crippen molar-refractivity contribution in [3.63, 3.8) is 0 Å². The molecule has 0 saturated heterocycles. The third-order valence-electron chi connectivity index (χ3n) is 3.22. The Bertz CT molecular complexity index is 411. The molecule has 0 N–H and O–H groups in total. The van der Waals surface area contributed by atoms with Gasteiger partial charge < -0.3 is 29.6 Å². The van der Waals surface area contributed by atoms with Crippen molar-refractivity contribution in [3.8, 4) is 0 Å². The monoisotopic (exact) mass is 331 g/mol. The first-order valence-electron chi connectivity index (χ1n) is 5.72. The summed E-state index contributed by atoms with van der Waals surface area (Å²) in [4.78, 5) is 0. The molecule has 101 valence electrons. The van der Waals surface area contributed by atoms with Gasteiger partial charge in [-0.1, -0.05) is 37.3 Å². The van der Waals surface area contributed by atoms with Crippen molar-refractivity contribution in [1.29, 1.82) is 0 Å². The summed E-state index contributed by atoms with van der Waals surface area (Å²) in [7, 11) is 1.78. The van der Waals surface area contributed by atoms with E-state index in [2.05, 4.69) is 49.4 Å². The van der Waals surface area contributed by atoms with Gasteiger partial charge in [-0.05, 0) is 12.0 Å². The van der Waals surface area contributed by atoms with Gasteiger partial charge in [0.1, 0.15) is 0 Å². The fourth-order valence-electron chi connectivity index (χ4n) is 2.31. The first kappa shape index (κ1) is 21.3. The number of hydrogen-bond donors (Lipinski definition) is 0. The van der Waals surface area contributed by atoms with Crippen LogP contribution in [0.15, 0.2) is 48.1 Å². The maximum absolute atomic E-state index is 5.81. The van der Waals surface area contributed by atoms with Gasteiger partial charge in [0.05, 0.1) is 5.60 Å². The maximum atomic E-state index is 5.81. The largest absolute Gasteiger partial charge is 3.00 e. The molecule has 2 rings (SSSR count). The molecular formula is C15H17Cl2OTi. The van der Waals surface area contributed by atoms with E-state index in [1.54, 1.807) is 7.11 Å². The van der Waals surface area contributed by atoms with E-state index in [0.29, 0.717) is 0 Å². The molecule has 1 radical (unpaired) electrons. The zero-order chi connectivity index (χ0) is 11.4. The Morgan fingerprint density at radius 3 is 2.26 bits per heavy atom. The molecule has 0 heterocycles. The van der Waals surface area contributed by atoms with Gasteiger partial charge >= 0.3 is 21.7 Å². The summed E-state index contributed by atoms with van der Waals surface area (Å²) < 4.78 is 5.81. The molecule has 0 fully saturated rings. The van der Waals surface area contributed by atoms with E-state index in [4.69, 9.17) is 4.74 Å².